The molecule has 16 nitrogen and oxygen atoms in total. The average molecular weight is 1450 g/mol. The Balaban J connectivity index is 0.000000154. The minimum absolute atomic E-state index is 0.0260. The van der Waals surface area contributed by atoms with E-state index in [0.29, 0.717) is 38.9 Å². The van der Waals surface area contributed by atoms with Gasteiger partial charge in [-0.25, -0.2) is 48.1 Å². The first-order valence-electron chi connectivity index (χ1n) is 29.9. The number of ether oxygens (including phenoxy) is 1. The van der Waals surface area contributed by atoms with Crippen LogP contribution in [0.5, 0.6) is 5.75 Å². The van der Waals surface area contributed by atoms with Crippen LogP contribution >= 0.6 is 31.9 Å². The number of pyridine rings is 3. The summed E-state index contributed by atoms with van der Waals surface area (Å²) in [6.45, 7) is 21.0. The fourth-order valence-electron chi connectivity index (χ4n) is 10.8. The molecule has 0 spiro atoms. The molecule has 0 saturated carbocycles. The van der Waals surface area contributed by atoms with Gasteiger partial charge in [0.05, 0.1) is 106 Å². The molecule has 0 saturated heterocycles. The van der Waals surface area contributed by atoms with Crippen LogP contribution in [0.1, 0.15) is 101 Å². The van der Waals surface area contributed by atoms with E-state index in [0.717, 1.165) is 82.1 Å². The van der Waals surface area contributed by atoms with Gasteiger partial charge in [-0.1, -0.05) is 65.8 Å². The normalized spacial score (nSPS) is 12.3. The predicted molar refractivity (Wildman–Crippen MR) is 371 cm³/mol. The molecule has 0 aliphatic heterocycles. The summed E-state index contributed by atoms with van der Waals surface area (Å²) in [5.74, 6) is -1.97. The van der Waals surface area contributed by atoms with E-state index < -0.39 is 46.6 Å². The van der Waals surface area contributed by atoms with E-state index in [-0.39, 0.29) is 44.3 Å². The second-order valence-electron chi connectivity index (χ2n) is 25.0. The van der Waals surface area contributed by atoms with Crippen LogP contribution in [0.15, 0.2) is 200 Å². The number of halogens is 4. The lowest BCUT2D eigenvalue weighted by atomic mass is 9.87. The molecule has 0 aliphatic carbocycles. The molecule has 0 amide bonds. The number of hydrogen-bond donors (Lipinski definition) is 0. The minimum Gasteiger partial charge on any atom is -0.488 e. The highest BCUT2D eigenvalue weighted by Gasteiger charge is 2.27. The van der Waals surface area contributed by atoms with Crippen LogP contribution in [0.25, 0.3) is 49.8 Å². The topological polar surface area (TPSA) is 204 Å². The summed E-state index contributed by atoms with van der Waals surface area (Å²) in [6.07, 6.45) is 4.92. The van der Waals surface area contributed by atoms with Gasteiger partial charge < -0.3 is 4.74 Å². The van der Waals surface area contributed by atoms with E-state index in [4.69, 9.17) is 4.74 Å². The lowest BCUT2D eigenvalue weighted by Gasteiger charge is -2.20. The summed E-state index contributed by atoms with van der Waals surface area (Å²) < 4.78 is 120. The van der Waals surface area contributed by atoms with Gasteiger partial charge in [0.25, 0.3) is 0 Å². The molecular formula is C71H69Br2F2N9O7S3. The Hall–Kier alpha value is -8.35. The lowest BCUT2D eigenvalue weighted by molar-refractivity contribution is 0.231. The summed E-state index contributed by atoms with van der Waals surface area (Å²) in [5, 5.41) is 16.2. The molecule has 12 rings (SSSR count). The van der Waals surface area contributed by atoms with Gasteiger partial charge in [0.1, 0.15) is 5.82 Å². The molecule has 0 radical (unpaired) electrons. The number of benzene rings is 6. The van der Waals surface area contributed by atoms with Crippen LogP contribution in [-0.4, -0.2) is 75.7 Å². The summed E-state index contributed by atoms with van der Waals surface area (Å²) >= 11 is 7.05. The van der Waals surface area contributed by atoms with Crippen LogP contribution in [0.2, 0.25) is 0 Å². The van der Waals surface area contributed by atoms with E-state index in [2.05, 4.69) is 82.9 Å². The number of rotatable bonds is 14. The summed E-state index contributed by atoms with van der Waals surface area (Å²) in [4.78, 5) is 13.4. The Morgan fingerprint density at radius 1 is 0.457 bits per heavy atom. The molecule has 0 bridgehead atoms. The predicted octanol–water partition coefficient (Wildman–Crippen LogP) is 16.3. The van der Waals surface area contributed by atoms with Gasteiger partial charge in [-0.2, -0.15) is 15.3 Å². The maximum atomic E-state index is 14.7. The first-order valence-corrected chi connectivity index (χ1v) is 36.5. The van der Waals surface area contributed by atoms with Gasteiger partial charge in [-0.15, -0.1) is 0 Å². The monoisotopic (exact) mass is 1450 g/mol. The molecule has 23 heteroatoms. The Morgan fingerprint density at radius 2 is 0.872 bits per heavy atom. The molecule has 12 aromatic rings. The number of fused-ring (bicyclic) bond motifs is 3. The van der Waals surface area contributed by atoms with Gasteiger partial charge in [0, 0.05) is 43.7 Å². The molecule has 0 fully saturated rings. The minimum atomic E-state index is -3.82. The van der Waals surface area contributed by atoms with Gasteiger partial charge in [-0.05, 0) is 222 Å². The highest BCUT2D eigenvalue weighted by molar-refractivity contribution is 9.11. The van der Waals surface area contributed by atoms with Crippen molar-refractivity contribution in [2.24, 2.45) is 0 Å². The third-order valence-corrected chi connectivity index (χ3v) is 21.5. The summed E-state index contributed by atoms with van der Waals surface area (Å²) in [7, 11) is -11.2. The number of aromatic nitrogens is 9. The van der Waals surface area contributed by atoms with E-state index in [1.165, 1.54) is 18.2 Å². The van der Waals surface area contributed by atoms with Crippen molar-refractivity contribution in [2.45, 2.75) is 125 Å². The van der Waals surface area contributed by atoms with Gasteiger partial charge in [0.15, 0.2) is 41.1 Å². The number of nitrogens with zero attached hydrogens (tertiary/aromatic N) is 9. The Morgan fingerprint density at radius 3 is 1.31 bits per heavy atom. The Labute approximate surface area is 563 Å². The molecule has 0 unspecified atom stereocenters. The maximum absolute atomic E-state index is 14.7. The fraction of sp³-hybridized carbons (Fsp3) is 0.239. The largest absolute Gasteiger partial charge is 0.488 e. The van der Waals surface area contributed by atoms with E-state index in [9.17, 15) is 34.0 Å². The van der Waals surface area contributed by atoms with Gasteiger partial charge >= 0.3 is 0 Å². The molecule has 0 N–H and O–H groups in total. The first-order chi connectivity index (χ1) is 44.3. The van der Waals surface area contributed by atoms with Crippen molar-refractivity contribution < 1.29 is 38.8 Å². The van der Waals surface area contributed by atoms with Crippen molar-refractivity contribution in [3.05, 3.63) is 242 Å². The van der Waals surface area contributed by atoms with Crippen molar-refractivity contribution in [3.63, 3.8) is 0 Å². The lowest BCUT2D eigenvalue weighted by Crippen LogP contribution is -2.15. The Kier molecular flexibility index (Phi) is 19.8. The molecular weight excluding hydrogens is 1380 g/mol. The number of hydrogen-bond acceptors (Lipinski definition) is 13. The quantitative estimate of drug-likeness (QED) is 0.0995. The summed E-state index contributed by atoms with van der Waals surface area (Å²) in [5.41, 5.74) is 9.44. The number of sulfone groups is 3. The SMILES string of the molecule is Cc1cc(CS(=O)(=O)c2ccc(C(C)(C)C)c(F)c2)n(-c2ccc(Br)c3ncccc23)n1.Cc1cc(CS(=O)(=O)c2ccc(C(C)(C)C)cc2)n(-c2ccc(Br)c3ncccc23)n1.Cc1cc(CS(=O)(=O)c2ccc(OC(C)C)c(F)c2)n(-c2cccc3ncccc23)n1. The van der Waals surface area contributed by atoms with Crippen LogP contribution in [0, 0.1) is 32.4 Å². The zero-order chi connectivity index (χ0) is 67.8. The second kappa shape index (κ2) is 27.2. The standard InChI is InChI=1S/C24H23BrFN3O2S.C24H24BrN3O2S.C23H22FN3O3S/c1-15-12-16(14-32(30,31)17-7-8-19(21(26)13-17)24(2,3)4)29(28-15)22-10-9-20(25)23-18(22)6-5-11-27-23;1-16-14-18(15-31(29,30)19-9-7-17(8-10-19)24(2,3)4)28(27-16)22-12-11-21(25)23-20(22)6-5-13-26-23;1-15(2)30-23-10-9-18(13-20(23)24)31(28,29)14-17-12-16(3)26-27(17)22-8-4-7-21-19(22)6-5-11-25-21/h5-13H,14H2,1-4H3;5-14H,15H2,1-4H3;4-13,15H,14H2,1-3H3. The van der Waals surface area contributed by atoms with Crippen molar-refractivity contribution in [1.29, 1.82) is 0 Å². The number of aryl methyl sites for hydroxylation is 3. The van der Waals surface area contributed by atoms with Crippen LogP contribution in [0.3, 0.4) is 0 Å². The molecule has 6 heterocycles. The van der Waals surface area contributed by atoms with Crippen molar-refractivity contribution in [1.82, 2.24) is 44.3 Å². The fourth-order valence-corrected chi connectivity index (χ4v) is 15.6. The third kappa shape index (κ3) is 15.2. The first kappa shape index (κ1) is 68.5. The highest BCUT2D eigenvalue weighted by atomic mass is 79.9. The van der Waals surface area contributed by atoms with Crippen molar-refractivity contribution in [2.75, 3.05) is 0 Å². The van der Waals surface area contributed by atoms with E-state index in [1.807, 2.05) is 132 Å². The molecule has 486 valence electrons. The van der Waals surface area contributed by atoms with Gasteiger partial charge in [0.2, 0.25) is 0 Å². The van der Waals surface area contributed by atoms with Crippen molar-refractivity contribution >= 4 is 94.1 Å². The summed E-state index contributed by atoms with van der Waals surface area (Å²) in [6, 6.07) is 44.8. The molecule has 0 aliphatic rings. The van der Waals surface area contributed by atoms with Crippen LogP contribution in [-0.2, 0) is 57.6 Å². The third-order valence-electron chi connectivity index (χ3n) is 15.2. The van der Waals surface area contributed by atoms with Crippen molar-refractivity contribution in [3.8, 4) is 22.8 Å². The van der Waals surface area contributed by atoms with Crippen LogP contribution in [0.4, 0.5) is 8.78 Å². The second-order valence-corrected chi connectivity index (χ2v) is 32.7. The average Bonchev–Trinajstić information content (AvgIpc) is 1.50. The van der Waals surface area contributed by atoms with E-state index >= 15 is 0 Å². The smallest absolute Gasteiger partial charge is 0.184 e. The maximum Gasteiger partial charge on any atom is 0.184 e. The molecule has 0 atom stereocenters. The molecule has 6 aromatic heterocycles. The molecule has 94 heavy (non-hydrogen) atoms. The molecule has 6 aromatic carbocycles. The van der Waals surface area contributed by atoms with Gasteiger partial charge in [-0.3, -0.25) is 15.0 Å². The Bertz CT molecular complexity index is 5190. The van der Waals surface area contributed by atoms with Crippen LogP contribution < -0.4 is 4.74 Å². The zero-order valence-electron chi connectivity index (χ0n) is 53.6. The zero-order valence-corrected chi connectivity index (χ0v) is 59.2. The highest BCUT2D eigenvalue weighted by Crippen LogP contribution is 2.34. The van der Waals surface area contributed by atoms with E-state index in [1.54, 1.807) is 83.7 Å².